The standard InChI is InChI=1S/C21H24N4O.HI/c1-22-21(24-14-12-18-9-4-5-13-23-18)25-15-16-26-20-11-6-8-17-7-2-3-10-19(17)20;/h2-11,13H,12,14-16H2,1H3,(H2,22,24,25);1H. The summed E-state index contributed by atoms with van der Waals surface area (Å²) in [5, 5.41) is 8.87. The molecule has 0 spiro atoms. The maximum Gasteiger partial charge on any atom is 0.191 e. The molecule has 1 heterocycles. The van der Waals surface area contributed by atoms with Crippen LogP contribution in [0.2, 0.25) is 0 Å². The first-order chi connectivity index (χ1) is 12.9. The fraction of sp³-hybridized carbons (Fsp3) is 0.238. The molecule has 2 N–H and O–H groups in total. The summed E-state index contributed by atoms with van der Waals surface area (Å²) in [5.74, 6) is 1.67. The molecule has 2 aromatic carbocycles. The SMILES string of the molecule is CN=C(NCCOc1cccc2ccccc12)NCCc1ccccn1.I. The lowest BCUT2D eigenvalue weighted by Crippen LogP contribution is -2.40. The van der Waals surface area contributed by atoms with Crippen molar-refractivity contribution in [2.75, 3.05) is 26.7 Å². The van der Waals surface area contributed by atoms with Crippen LogP contribution in [0, 0.1) is 0 Å². The number of hydrogen-bond acceptors (Lipinski definition) is 3. The van der Waals surface area contributed by atoms with Crippen molar-refractivity contribution in [1.82, 2.24) is 15.6 Å². The summed E-state index contributed by atoms with van der Waals surface area (Å²) in [4.78, 5) is 8.55. The van der Waals surface area contributed by atoms with Crippen molar-refractivity contribution >= 4 is 40.7 Å². The molecule has 0 atom stereocenters. The van der Waals surface area contributed by atoms with E-state index in [-0.39, 0.29) is 24.0 Å². The van der Waals surface area contributed by atoms with E-state index in [0.29, 0.717) is 13.2 Å². The minimum absolute atomic E-state index is 0. The van der Waals surface area contributed by atoms with E-state index in [1.165, 1.54) is 5.39 Å². The van der Waals surface area contributed by atoms with Gasteiger partial charge in [-0.1, -0.05) is 42.5 Å². The lowest BCUT2D eigenvalue weighted by molar-refractivity contribution is 0.325. The van der Waals surface area contributed by atoms with Crippen LogP contribution in [0.3, 0.4) is 0 Å². The number of nitrogens with one attached hydrogen (secondary N) is 2. The van der Waals surface area contributed by atoms with Crippen LogP contribution >= 0.6 is 24.0 Å². The second-order valence-electron chi connectivity index (χ2n) is 5.82. The van der Waals surface area contributed by atoms with Crippen molar-refractivity contribution in [3.05, 3.63) is 72.6 Å². The van der Waals surface area contributed by atoms with Crippen LogP contribution in [-0.4, -0.2) is 37.7 Å². The van der Waals surface area contributed by atoms with Crippen LogP contribution in [0.5, 0.6) is 5.75 Å². The van der Waals surface area contributed by atoms with E-state index >= 15 is 0 Å². The Bertz CT molecular complexity index is 850. The molecule has 3 aromatic rings. The lowest BCUT2D eigenvalue weighted by atomic mass is 10.1. The molecule has 0 amide bonds. The summed E-state index contributed by atoms with van der Waals surface area (Å²) in [7, 11) is 1.77. The Morgan fingerprint density at radius 2 is 1.74 bits per heavy atom. The van der Waals surface area contributed by atoms with Crippen LogP contribution in [0.15, 0.2) is 71.9 Å². The highest BCUT2D eigenvalue weighted by atomic mass is 127. The number of rotatable bonds is 7. The van der Waals surface area contributed by atoms with Gasteiger partial charge in [0.15, 0.2) is 5.96 Å². The molecule has 0 bridgehead atoms. The average molecular weight is 476 g/mol. The molecule has 142 valence electrons. The second-order valence-corrected chi connectivity index (χ2v) is 5.82. The van der Waals surface area contributed by atoms with Crippen molar-refractivity contribution in [3.8, 4) is 5.75 Å². The van der Waals surface area contributed by atoms with Gasteiger partial charge in [-0.15, -0.1) is 24.0 Å². The first-order valence-electron chi connectivity index (χ1n) is 8.82. The smallest absolute Gasteiger partial charge is 0.191 e. The predicted octanol–water partition coefficient (Wildman–Crippen LogP) is 3.64. The van der Waals surface area contributed by atoms with Gasteiger partial charge in [-0.25, -0.2) is 0 Å². The normalized spacial score (nSPS) is 10.9. The molecule has 27 heavy (non-hydrogen) atoms. The Hall–Kier alpha value is -2.35. The van der Waals surface area contributed by atoms with E-state index in [0.717, 1.165) is 35.8 Å². The van der Waals surface area contributed by atoms with Crippen LogP contribution in [0.25, 0.3) is 10.8 Å². The molecule has 0 saturated heterocycles. The van der Waals surface area contributed by atoms with Crippen molar-refractivity contribution in [2.24, 2.45) is 4.99 Å². The number of aliphatic imine (C=N–C) groups is 1. The summed E-state index contributed by atoms with van der Waals surface area (Å²) in [5.41, 5.74) is 1.06. The Balaban J connectivity index is 0.00000261. The van der Waals surface area contributed by atoms with Crippen molar-refractivity contribution in [1.29, 1.82) is 0 Å². The van der Waals surface area contributed by atoms with Crippen LogP contribution in [0.4, 0.5) is 0 Å². The number of halogens is 1. The summed E-state index contributed by atoms with van der Waals surface area (Å²) in [6.07, 6.45) is 2.67. The number of pyridine rings is 1. The molecule has 0 unspecified atom stereocenters. The Morgan fingerprint density at radius 1 is 0.963 bits per heavy atom. The Kier molecular flexibility index (Phi) is 8.83. The van der Waals surface area contributed by atoms with Gasteiger partial charge in [0.05, 0.1) is 6.54 Å². The van der Waals surface area contributed by atoms with Gasteiger partial charge in [0.1, 0.15) is 12.4 Å². The summed E-state index contributed by atoms with van der Waals surface area (Å²) in [6, 6.07) is 20.3. The number of fused-ring (bicyclic) bond motifs is 1. The van der Waals surface area contributed by atoms with E-state index in [1.807, 2.05) is 48.7 Å². The van der Waals surface area contributed by atoms with Gasteiger partial charge in [0.2, 0.25) is 0 Å². The quantitative estimate of drug-likeness (QED) is 0.237. The minimum Gasteiger partial charge on any atom is -0.491 e. The highest BCUT2D eigenvalue weighted by molar-refractivity contribution is 14.0. The van der Waals surface area contributed by atoms with Crippen LogP contribution in [-0.2, 0) is 6.42 Å². The fourth-order valence-electron chi connectivity index (χ4n) is 2.73. The third-order valence-corrected chi connectivity index (χ3v) is 4.03. The van der Waals surface area contributed by atoms with Gasteiger partial charge in [0.25, 0.3) is 0 Å². The average Bonchev–Trinajstić information content (AvgIpc) is 2.70. The van der Waals surface area contributed by atoms with Gasteiger partial charge >= 0.3 is 0 Å². The first-order valence-corrected chi connectivity index (χ1v) is 8.82. The highest BCUT2D eigenvalue weighted by Crippen LogP contribution is 2.24. The Labute approximate surface area is 177 Å². The molecule has 0 aliphatic heterocycles. The zero-order chi connectivity index (χ0) is 18.0. The number of ether oxygens (including phenoxy) is 1. The number of guanidine groups is 1. The monoisotopic (exact) mass is 476 g/mol. The topological polar surface area (TPSA) is 58.5 Å². The maximum atomic E-state index is 5.93. The highest BCUT2D eigenvalue weighted by Gasteiger charge is 2.02. The van der Waals surface area contributed by atoms with Crippen LogP contribution in [0.1, 0.15) is 5.69 Å². The molecular formula is C21H25IN4O. The number of aromatic nitrogens is 1. The van der Waals surface area contributed by atoms with Crippen molar-refractivity contribution in [3.63, 3.8) is 0 Å². The fourth-order valence-corrected chi connectivity index (χ4v) is 2.73. The van der Waals surface area contributed by atoms with Gasteiger partial charge < -0.3 is 15.4 Å². The zero-order valence-electron chi connectivity index (χ0n) is 15.4. The predicted molar refractivity (Wildman–Crippen MR) is 122 cm³/mol. The molecule has 6 heteroatoms. The van der Waals surface area contributed by atoms with Crippen LogP contribution < -0.4 is 15.4 Å². The van der Waals surface area contributed by atoms with Gasteiger partial charge in [-0.2, -0.15) is 0 Å². The van der Waals surface area contributed by atoms with Crippen molar-refractivity contribution in [2.45, 2.75) is 6.42 Å². The third-order valence-electron chi connectivity index (χ3n) is 4.03. The third kappa shape index (κ3) is 6.39. The molecule has 0 aliphatic carbocycles. The first kappa shape index (κ1) is 21.0. The van der Waals surface area contributed by atoms with Crippen molar-refractivity contribution < 1.29 is 4.74 Å². The molecule has 5 nitrogen and oxygen atoms in total. The molecule has 3 rings (SSSR count). The van der Waals surface area contributed by atoms with E-state index in [2.05, 4.69) is 38.8 Å². The van der Waals surface area contributed by atoms with Gasteiger partial charge in [-0.05, 0) is 23.6 Å². The molecule has 0 aliphatic rings. The lowest BCUT2D eigenvalue weighted by Gasteiger charge is -2.13. The Morgan fingerprint density at radius 3 is 2.56 bits per heavy atom. The number of benzene rings is 2. The van der Waals surface area contributed by atoms with E-state index in [1.54, 1.807) is 7.05 Å². The summed E-state index contributed by atoms with van der Waals surface area (Å²) < 4.78 is 5.93. The van der Waals surface area contributed by atoms with E-state index < -0.39 is 0 Å². The molecule has 1 aromatic heterocycles. The van der Waals surface area contributed by atoms with Gasteiger partial charge in [0, 0.05) is 37.3 Å². The zero-order valence-corrected chi connectivity index (χ0v) is 17.7. The largest absolute Gasteiger partial charge is 0.491 e. The number of nitrogens with zero attached hydrogens (tertiary/aromatic N) is 2. The molecule has 0 radical (unpaired) electrons. The molecule has 0 saturated carbocycles. The summed E-state index contributed by atoms with van der Waals surface area (Å²) in [6.45, 7) is 2.02. The maximum absolute atomic E-state index is 5.93. The second kappa shape index (κ2) is 11.4. The minimum atomic E-state index is 0. The molecule has 0 fully saturated rings. The van der Waals surface area contributed by atoms with E-state index in [4.69, 9.17) is 4.74 Å². The molecular weight excluding hydrogens is 451 g/mol. The van der Waals surface area contributed by atoms with E-state index in [9.17, 15) is 0 Å². The number of hydrogen-bond donors (Lipinski definition) is 2. The summed E-state index contributed by atoms with van der Waals surface area (Å²) >= 11 is 0. The van der Waals surface area contributed by atoms with Gasteiger partial charge in [-0.3, -0.25) is 9.98 Å².